The van der Waals surface area contributed by atoms with Gasteiger partial charge in [-0.3, -0.25) is 0 Å². The largest absolute Gasteiger partial charge is 0.396 e. The minimum atomic E-state index is -0.821. The minimum absolute atomic E-state index is 0.0547. The van der Waals surface area contributed by atoms with Crippen molar-refractivity contribution in [3.8, 4) is 0 Å². The van der Waals surface area contributed by atoms with Gasteiger partial charge in [-0.2, -0.15) is 0 Å². The summed E-state index contributed by atoms with van der Waals surface area (Å²) in [6, 6.07) is 0. The van der Waals surface area contributed by atoms with Crippen LogP contribution >= 0.6 is 0 Å². The molecule has 1 atom stereocenters. The van der Waals surface area contributed by atoms with Crippen molar-refractivity contribution in [2.24, 2.45) is 5.11 Å². The van der Waals surface area contributed by atoms with Crippen LogP contribution in [0.15, 0.2) is 5.11 Å². The lowest BCUT2D eigenvalue weighted by molar-refractivity contribution is 0.235. The highest BCUT2D eigenvalue weighted by Crippen LogP contribution is 2.10. The van der Waals surface area contributed by atoms with E-state index in [0.717, 1.165) is 12.8 Å². The van der Waals surface area contributed by atoms with Gasteiger partial charge in [-0.05, 0) is 31.2 Å². The van der Waals surface area contributed by atoms with Gasteiger partial charge in [-0.1, -0.05) is 11.5 Å². The number of rotatable bonds is 8. The summed E-state index contributed by atoms with van der Waals surface area (Å²) in [4.78, 5) is 2.60. The zero-order chi connectivity index (χ0) is 9.94. The molecular formula is C8H16FN3O. The predicted octanol–water partition coefficient (Wildman–Crippen LogP) is 2.58. The van der Waals surface area contributed by atoms with Gasteiger partial charge in [-0.15, -0.1) is 0 Å². The van der Waals surface area contributed by atoms with Gasteiger partial charge in [0.15, 0.2) is 0 Å². The molecule has 0 aromatic heterocycles. The number of unbranched alkanes of at least 4 members (excludes halogenated alkanes) is 1. The maximum atomic E-state index is 12.9. The van der Waals surface area contributed by atoms with Crippen molar-refractivity contribution in [2.45, 2.75) is 38.3 Å². The van der Waals surface area contributed by atoms with E-state index in [2.05, 4.69) is 10.0 Å². The summed E-state index contributed by atoms with van der Waals surface area (Å²) in [6.45, 7) is 0.502. The average molecular weight is 189 g/mol. The van der Waals surface area contributed by atoms with Crippen LogP contribution in [0.3, 0.4) is 0 Å². The van der Waals surface area contributed by atoms with Crippen molar-refractivity contribution in [2.75, 3.05) is 13.2 Å². The first-order valence-corrected chi connectivity index (χ1v) is 4.57. The van der Waals surface area contributed by atoms with Crippen LogP contribution in [0, 0.1) is 0 Å². The Labute approximate surface area is 77.4 Å². The number of nitrogens with zero attached hydrogens (tertiary/aromatic N) is 3. The molecule has 4 nitrogen and oxygen atoms in total. The minimum Gasteiger partial charge on any atom is -0.396 e. The Hall–Kier alpha value is -0.800. The third-order valence-corrected chi connectivity index (χ3v) is 1.76. The zero-order valence-electron chi connectivity index (χ0n) is 7.69. The standard InChI is InChI=1S/C8H16FN3O/c9-8(5-3-7-13)4-1-2-6-11-12-10/h8,13H,1-7H2. The molecule has 0 radical (unpaired) electrons. The Balaban J connectivity index is 3.16. The Bertz CT molecular complexity index is 159. The fourth-order valence-corrected chi connectivity index (χ4v) is 1.05. The number of alkyl halides is 1. The molecule has 5 heteroatoms. The smallest absolute Gasteiger partial charge is 0.100 e. The molecule has 0 aliphatic carbocycles. The molecule has 0 rings (SSSR count). The van der Waals surface area contributed by atoms with Gasteiger partial charge >= 0.3 is 0 Å². The zero-order valence-corrected chi connectivity index (χ0v) is 7.69. The van der Waals surface area contributed by atoms with E-state index in [1.807, 2.05) is 0 Å². The molecule has 0 amide bonds. The third kappa shape index (κ3) is 9.11. The second-order valence-electron chi connectivity index (χ2n) is 2.91. The number of aliphatic hydroxyl groups excluding tert-OH is 1. The summed E-state index contributed by atoms with van der Waals surface area (Å²) in [5.74, 6) is 0. The molecule has 1 unspecified atom stereocenters. The molecule has 0 aromatic rings. The lowest BCUT2D eigenvalue weighted by Crippen LogP contribution is -2.01. The first kappa shape index (κ1) is 12.2. The number of azide groups is 1. The molecule has 0 aromatic carbocycles. The fourth-order valence-electron chi connectivity index (χ4n) is 1.05. The molecule has 0 bridgehead atoms. The van der Waals surface area contributed by atoms with Crippen LogP contribution in [0.25, 0.3) is 10.4 Å². The van der Waals surface area contributed by atoms with E-state index in [0.29, 0.717) is 25.8 Å². The summed E-state index contributed by atoms with van der Waals surface area (Å²) in [7, 11) is 0. The topological polar surface area (TPSA) is 69.0 Å². The van der Waals surface area contributed by atoms with Crippen molar-refractivity contribution in [1.29, 1.82) is 0 Å². The van der Waals surface area contributed by atoms with Crippen molar-refractivity contribution >= 4 is 0 Å². The number of halogens is 1. The van der Waals surface area contributed by atoms with Crippen LogP contribution in [0.1, 0.15) is 32.1 Å². The molecule has 0 fully saturated rings. The van der Waals surface area contributed by atoms with Gasteiger partial charge in [0.1, 0.15) is 6.17 Å². The Kier molecular flexibility index (Phi) is 8.72. The molecule has 0 saturated heterocycles. The van der Waals surface area contributed by atoms with Crippen molar-refractivity contribution in [1.82, 2.24) is 0 Å². The van der Waals surface area contributed by atoms with Gasteiger partial charge < -0.3 is 5.11 Å². The van der Waals surface area contributed by atoms with Crippen LogP contribution in [0.5, 0.6) is 0 Å². The molecular weight excluding hydrogens is 173 g/mol. The van der Waals surface area contributed by atoms with E-state index in [-0.39, 0.29) is 6.61 Å². The monoisotopic (exact) mass is 189 g/mol. The van der Waals surface area contributed by atoms with Gasteiger partial charge in [0, 0.05) is 18.1 Å². The van der Waals surface area contributed by atoms with Gasteiger partial charge in [0.2, 0.25) is 0 Å². The maximum absolute atomic E-state index is 12.9. The second kappa shape index (κ2) is 9.29. The molecule has 1 N–H and O–H groups in total. The van der Waals surface area contributed by atoms with Gasteiger partial charge in [0.25, 0.3) is 0 Å². The summed E-state index contributed by atoms with van der Waals surface area (Å²) in [5, 5.41) is 11.8. The molecule has 0 heterocycles. The Morgan fingerprint density at radius 3 is 2.62 bits per heavy atom. The Morgan fingerprint density at radius 2 is 2.00 bits per heavy atom. The summed E-state index contributed by atoms with van der Waals surface area (Å²) in [6.07, 6.45) is 2.12. The van der Waals surface area contributed by atoms with Crippen LogP contribution < -0.4 is 0 Å². The van der Waals surface area contributed by atoms with E-state index in [9.17, 15) is 4.39 Å². The van der Waals surface area contributed by atoms with Crippen molar-refractivity contribution in [3.63, 3.8) is 0 Å². The normalized spacial score (nSPS) is 12.2. The molecule has 0 aliphatic rings. The summed E-state index contributed by atoms with van der Waals surface area (Å²) < 4.78 is 12.9. The number of hydrogen-bond donors (Lipinski definition) is 1. The second-order valence-corrected chi connectivity index (χ2v) is 2.91. The molecule has 0 aliphatic heterocycles. The first-order valence-electron chi connectivity index (χ1n) is 4.57. The average Bonchev–Trinajstić information content (AvgIpc) is 2.14. The summed E-state index contributed by atoms with van der Waals surface area (Å²) >= 11 is 0. The highest BCUT2D eigenvalue weighted by Gasteiger charge is 2.04. The van der Waals surface area contributed by atoms with E-state index >= 15 is 0 Å². The van der Waals surface area contributed by atoms with E-state index < -0.39 is 6.17 Å². The highest BCUT2D eigenvalue weighted by molar-refractivity contribution is 4.57. The van der Waals surface area contributed by atoms with Crippen molar-refractivity contribution in [3.05, 3.63) is 10.4 Å². The van der Waals surface area contributed by atoms with Gasteiger partial charge in [0.05, 0.1) is 0 Å². The lowest BCUT2D eigenvalue weighted by atomic mass is 10.1. The van der Waals surface area contributed by atoms with E-state index in [1.54, 1.807) is 0 Å². The lowest BCUT2D eigenvalue weighted by Gasteiger charge is -2.05. The van der Waals surface area contributed by atoms with Crippen LogP contribution in [-0.4, -0.2) is 24.4 Å². The fraction of sp³-hybridized carbons (Fsp3) is 1.00. The Morgan fingerprint density at radius 1 is 1.31 bits per heavy atom. The van der Waals surface area contributed by atoms with Crippen LogP contribution in [-0.2, 0) is 0 Å². The third-order valence-electron chi connectivity index (χ3n) is 1.76. The molecule has 0 saturated carbocycles. The maximum Gasteiger partial charge on any atom is 0.100 e. The highest BCUT2D eigenvalue weighted by atomic mass is 19.1. The van der Waals surface area contributed by atoms with Crippen molar-refractivity contribution < 1.29 is 9.50 Å². The van der Waals surface area contributed by atoms with Crippen LogP contribution in [0.4, 0.5) is 4.39 Å². The number of aliphatic hydroxyl groups is 1. The molecule has 13 heavy (non-hydrogen) atoms. The molecule has 0 spiro atoms. The summed E-state index contributed by atoms with van der Waals surface area (Å²) in [5.41, 5.74) is 7.95. The quantitative estimate of drug-likeness (QED) is 0.271. The first-order chi connectivity index (χ1) is 6.31. The van der Waals surface area contributed by atoms with Crippen LogP contribution in [0.2, 0.25) is 0 Å². The molecule has 76 valence electrons. The van der Waals surface area contributed by atoms with E-state index in [4.69, 9.17) is 10.6 Å². The number of hydrogen-bond acceptors (Lipinski definition) is 2. The van der Waals surface area contributed by atoms with E-state index in [1.165, 1.54) is 0 Å². The van der Waals surface area contributed by atoms with Gasteiger partial charge in [-0.25, -0.2) is 4.39 Å². The predicted molar refractivity (Wildman–Crippen MR) is 49.1 cm³/mol. The SMILES string of the molecule is [N-]=[N+]=NCCCCC(F)CCCO.